The van der Waals surface area contributed by atoms with Gasteiger partial charge in [0.05, 0.1) is 0 Å². The molecule has 106 valence electrons. The highest BCUT2D eigenvalue weighted by atomic mass is 16.4. The molecule has 1 unspecified atom stereocenters. The first kappa shape index (κ1) is 13.1. The summed E-state index contributed by atoms with van der Waals surface area (Å²) in [5.74, 6) is -1.06. The highest BCUT2D eigenvalue weighted by Crippen LogP contribution is 2.22. The van der Waals surface area contributed by atoms with Gasteiger partial charge in [0.15, 0.2) is 0 Å². The standard InChI is InChI=1S/C15H18N2O3/c18-14(17-7-1-2-13(17)15(19)20)11-3-4-12-9-16-6-5-10(12)8-11/h3-4,8,13,16H,1-2,5-7,9H2,(H,19,20). The first-order valence-corrected chi connectivity index (χ1v) is 7.03. The number of benzene rings is 1. The van der Waals surface area contributed by atoms with E-state index in [1.54, 1.807) is 0 Å². The van der Waals surface area contributed by atoms with Crippen LogP contribution in [0.25, 0.3) is 0 Å². The van der Waals surface area contributed by atoms with Crippen LogP contribution < -0.4 is 5.32 Å². The van der Waals surface area contributed by atoms with E-state index >= 15 is 0 Å². The molecule has 0 saturated carbocycles. The highest BCUT2D eigenvalue weighted by molar-refractivity contribution is 5.97. The van der Waals surface area contributed by atoms with Gasteiger partial charge >= 0.3 is 5.97 Å². The van der Waals surface area contributed by atoms with E-state index in [0.717, 1.165) is 25.9 Å². The van der Waals surface area contributed by atoms with Crippen molar-refractivity contribution in [3.05, 3.63) is 34.9 Å². The maximum absolute atomic E-state index is 12.5. The Hall–Kier alpha value is -1.88. The summed E-state index contributed by atoms with van der Waals surface area (Å²) in [7, 11) is 0. The zero-order valence-electron chi connectivity index (χ0n) is 11.3. The summed E-state index contributed by atoms with van der Waals surface area (Å²) in [5, 5.41) is 12.5. The number of hydrogen-bond donors (Lipinski definition) is 2. The molecule has 5 heteroatoms. The number of amides is 1. The van der Waals surface area contributed by atoms with Crippen LogP contribution >= 0.6 is 0 Å². The molecule has 1 saturated heterocycles. The molecule has 3 rings (SSSR count). The smallest absolute Gasteiger partial charge is 0.326 e. The van der Waals surface area contributed by atoms with E-state index in [1.165, 1.54) is 16.0 Å². The summed E-state index contributed by atoms with van der Waals surface area (Å²) in [6, 6.07) is 5.04. The topological polar surface area (TPSA) is 69.6 Å². The molecule has 1 fully saturated rings. The van der Waals surface area contributed by atoms with Crippen LogP contribution in [-0.4, -0.2) is 41.0 Å². The Morgan fingerprint density at radius 1 is 1.30 bits per heavy atom. The molecule has 1 atom stereocenters. The van der Waals surface area contributed by atoms with Crippen LogP contribution in [-0.2, 0) is 17.8 Å². The fraction of sp³-hybridized carbons (Fsp3) is 0.467. The molecule has 2 N–H and O–H groups in total. The fourth-order valence-electron chi connectivity index (χ4n) is 3.04. The Kier molecular flexibility index (Phi) is 3.44. The molecule has 2 aliphatic rings. The Morgan fingerprint density at radius 3 is 2.95 bits per heavy atom. The van der Waals surface area contributed by atoms with E-state index in [1.807, 2.05) is 18.2 Å². The number of rotatable bonds is 2. The fourth-order valence-corrected chi connectivity index (χ4v) is 3.04. The lowest BCUT2D eigenvalue weighted by molar-refractivity contribution is -0.141. The number of carboxylic acids is 1. The normalized spacial score (nSPS) is 21.6. The van der Waals surface area contributed by atoms with Gasteiger partial charge in [-0.05, 0) is 49.1 Å². The van der Waals surface area contributed by atoms with Crippen LogP contribution in [0.3, 0.4) is 0 Å². The second-order valence-electron chi connectivity index (χ2n) is 5.41. The van der Waals surface area contributed by atoms with E-state index < -0.39 is 12.0 Å². The minimum atomic E-state index is -0.905. The van der Waals surface area contributed by atoms with Crippen LogP contribution in [0.5, 0.6) is 0 Å². The second kappa shape index (κ2) is 5.25. The zero-order chi connectivity index (χ0) is 14.1. The lowest BCUT2D eigenvalue weighted by atomic mass is 9.98. The number of fused-ring (bicyclic) bond motifs is 1. The van der Waals surface area contributed by atoms with E-state index in [2.05, 4.69) is 5.32 Å². The molecule has 0 spiro atoms. The molecule has 0 aromatic heterocycles. The number of carbonyl (C=O) groups is 2. The molecule has 1 aromatic rings. The van der Waals surface area contributed by atoms with E-state index in [4.69, 9.17) is 5.11 Å². The second-order valence-corrected chi connectivity index (χ2v) is 5.41. The number of carbonyl (C=O) groups excluding carboxylic acids is 1. The molecule has 0 radical (unpaired) electrons. The van der Waals surface area contributed by atoms with Gasteiger partial charge in [-0.2, -0.15) is 0 Å². The number of aliphatic carboxylic acids is 1. The summed E-state index contributed by atoms with van der Waals surface area (Å²) < 4.78 is 0. The Labute approximate surface area is 117 Å². The van der Waals surface area contributed by atoms with Crippen LogP contribution in [0.2, 0.25) is 0 Å². The summed E-state index contributed by atoms with van der Waals surface area (Å²) in [5.41, 5.74) is 3.03. The third kappa shape index (κ3) is 2.29. The average molecular weight is 274 g/mol. The van der Waals surface area contributed by atoms with E-state index in [-0.39, 0.29) is 5.91 Å². The molecule has 5 nitrogen and oxygen atoms in total. The molecule has 0 aliphatic carbocycles. The summed E-state index contributed by atoms with van der Waals surface area (Å²) in [6.07, 6.45) is 2.23. The third-order valence-electron chi connectivity index (χ3n) is 4.14. The van der Waals surface area contributed by atoms with Crippen molar-refractivity contribution < 1.29 is 14.7 Å². The first-order valence-electron chi connectivity index (χ1n) is 7.03. The quantitative estimate of drug-likeness (QED) is 0.845. The molecule has 1 aromatic carbocycles. The molecule has 0 bridgehead atoms. The number of nitrogens with zero attached hydrogens (tertiary/aromatic N) is 1. The van der Waals surface area contributed by atoms with Gasteiger partial charge in [0.2, 0.25) is 0 Å². The number of likely N-dealkylation sites (tertiary alicyclic amines) is 1. The van der Waals surface area contributed by atoms with Crippen LogP contribution in [0.15, 0.2) is 18.2 Å². The maximum Gasteiger partial charge on any atom is 0.326 e. The SMILES string of the molecule is O=C(O)C1CCCN1C(=O)c1ccc2c(c1)CCNC2. The summed E-state index contributed by atoms with van der Waals surface area (Å²) in [6.45, 7) is 2.30. The Morgan fingerprint density at radius 2 is 2.15 bits per heavy atom. The predicted molar refractivity (Wildman–Crippen MR) is 73.5 cm³/mol. The van der Waals surface area contributed by atoms with Crippen molar-refractivity contribution in [2.24, 2.45) is 0 Å². The van der Waals surface area contributed by atoms with E-state index in [0.29, 0.717) is 18.5 Å². The minimum Gasteiger partial charge on any atom is -0.480 e. The largest absolute Gasteiger partial charge is 0.480 e. The molecular formula is C15H18N2O3. The maximum atomic E-state index is 12.5. The average Bonchev–Trinajstić information content (AvgIpc) is 2.95. The van der Waals surface area contributed by atoms with Crippen molar-refractivity contribution in [1.29, 1.82) is 0 Å². The van der Waals surface area contributed by atoms with Crippen molar-refractivity contribution in [3.63, 3.8) is 0 Å². The molecule has 2 aliphatic heterocycles. The van der Waals surface area contributed by atoms with Crippen molar-refractivity contribution in [3.8, 4) is 0 Å². The molecular weight excluding hydrogens is 256 g/mol. The van der Waals surface area contributed by atoms with Crippen molar-refractivity contribution >= 4 is 11.9 Å². The van der Waals surface area contributed by atoms with Gasteiger partial charge in [0.1, 0.15) is 6.04 Å². The molecule has 2 heterocycles. The lowest BCUT2D eigenvalue weighted by Gasteiger charge is -2.23. The number of carboxylic acid groups (broad SMARTS) is 1. The highest BCUT2D eigenvalue weighted by Gasteiger charge is 2.34. The van der Waals surface area contributed by atoms with Gasteiger partial charge in [-0.1, -0.05) is 6.07 Å². The van der Waals surface area contributed by atoms with Gasteiger partial charge in [-0.25, -0.2) is 4.79 Å². The number of nitrogens with one attached hydrogen (secondary N) is 1. The number of hydrogen-bond acceptors (Lipinski definition) is 3. The summed E-state index contributed by atoms with van der Waals surface area (Å²) in [4.78, 5) is 25.2. The lowest BCUT2D eigenvalue weighted by Crippen LogP contribution is -2.40. The van der Waals surface area contributed by atoms with Crippen molar-refractivity contribution in [2.45, 2.75) is 31.8 Å². The van der Waals surface area contributed by atoms with Crippen LogP contribution in [0.1, 0.15) is 34.3 Å². The van der Waals surface area contributed by atoms with Crippen LogP contribution in [0.4, 0.5) is 0 Å². The van der Waals surface area contributed by atoms with Crippen molar-refractivity contribution in [1.82, 2.24) is 10.2 Å². The van der Waals surface area contributed by atoms with E-state index in [9.17, 15) is 9.59 Å². The monoisotopic (exact) mass is 274 g/mol. The van der Waals surface area contributed by atoms with Gasteiger partial charge in [-0.3, -0.25) is 4.79 Å². The third-order valence-corrected chi connectivity index (χ3v) is 4.14. The first-order chi connectivity index (χ1) is 9.66. The van der Waals surface area contributed by atoms with Crippen molar-refractivity contribution in [2.75, 3.05) is 13.1 Å². The zero-order valence-corrected chi connectivity index (χ0v) is 11.3. The van der Waals surface area contributed by atoms with Gasteiger partial charge < -0.3 is 15.3 Å². The molecule has 20 heavy (non-hydrogen) atoms. The van der Waals surface area contributed by atoms with Gasteiger partial charge in [-0.15, -0.1) is 0 Å². The Balaban J connectivity index is 1.85. The summed E-state index contributed by atoms with van der Waals surface area (Å²) >= 11 is 0. The minimum absolute atomic E-state index is 0.156. The Bertz CT molecular complexity index is 556. The predicted octanol–water partition coefficient (Wildman–Crippen LogP) is 1.02. The van der Waals surface area contributed by atoms with Gasteiger partial charge in [0.25, 0.3) is 5.91 Å². The van der Waals surface area contributed by atoms with Gasteiger partial charge in [0, 0.05) is 18.7 Å². The van der Waals surface area contributed by atoms with Crippen LogP contribution in [0, 0.1) is 0 Å². The molecule has 1 amide bonds.